The van der Waals surface area contributed by atoms with Crippen molar-refractivity contribution >= 4 is 26.4 Å². The second-order valence-corrected chi connectivity index (χ2v) is 4.05. The number of hydrogen-bond donors (Lipinski definition) is 0. The van der Waals surface area contributed by atoms with Crippen LogP contribution in [0.15, 0.2) is 24.3 Å². The third-order valence-electron chi connectivity index (χ3n) is 2.00. The largest absolute Gasteiger partial charge is 0.282 e. The van der Waals surface area contributed by atoms with Crippen molar-refractivity contribution in [3.8, 4) is 0 Å². The van der Waals surface area contributed by atoms with Crippen LogP contribution in [0, 0.1) is 0 Å². The van der Waals surface area contributed by atoms with E-state index in [0.29, 0.717) is 0 Å². The van der Waals surface area contributed by atoms with Gasteiger partial charge < -0.3 is 0 Å². The van der Waals surface area contributed by atoms with Gasteiger partial charge in [0.25, 0.3) is 0 Å². The first-order valence-corrected chi connectivity index (χ1v) is 5.60. The molecule has 13 heavy (non-hydrogen) atoms. The van der Waals surface area contributed by atoms with Crippen LogP contribution in [0.1, 0.15) is 35.7 Å². The van der Waals surface area contributed by atoms with Crippen molar-refractivity contribution in [1.29, 1.82) is 0 Å². The summed E-state index contributed by atoms with van der Waals surface area (Å²) in [4.78, 5) is 11.0. The van der Waals surface area contributed by atoms with Crippen molar-refractivity contribution in [1.82, 2.24) is 0 Å². The minimum absolute atomic E-state index is 0.111. The zero-order valence-corrected chi connectivity index (χ0v) is 9.87. The highest BCUT2D eigenvalue weighted by Crippen LogP contribution is 2.10. The summed E-state index contributed by atoms with van der Waals surface area (Å²) in [5.41, 5.74) is 2.11. The van der Waals surface area contributed by atoms with Gasteiger partial charge in [0.2, 0.25) is 3.79 Å². The average Bonchev–Trinajstić information content (AvgIpc) is 2.15. The molecule has 0 aromatic heterocycles. The lowest BCUT2D eigenvalue weighted by Gasteiger charge is -1.99. The molecule has 0 radical (unpaired) electrons. The van der Waals surface area contributed by atoms with Crippen LogP contribution >= 0.6 is 22.6 Å². The Bertz CT molecular complexity index is 277. The van der Waals surface area contributed by atoms with E-state index in [9.17, 15) is 4.79 Å². The van der Waals surface area contributed by atoms with Gasteiger partial charge in [-0.1, -0.05) is 37.6 Å². The smallest absolute Gasteiger partial charge is 0.222 e. The van der Waals surface area contributed by atoms with E-state index in [-0.39, 0.29) is 3.79 Å². The minimum Gasteiger partial charge on any atom is -0.282 e. The molecule has 1 rings (SSSR count). The Morgan fingerprint density at radius 1 is 1.31 bits per heavy atom. The first-order chi connectivity index (χ1) is 6.24. The number of halogens is 1. The zero-order chi connectivity index (χ0) is 9.68. The highest BCUT2D eigenvalue weighted by atomic mass is 127. The van der Waals surface area contributed by atoms with Crippen molar-refractivity contribution in [3.63, 3.8) is 0 Å². The van der Waals surface area contributed by atoms with Crippen LogP contribution in [0.25, 0.3) is 0 Å². The van der Waals surface area contributed by atoms with Crippen LogP contribution in [-0.2, 0) is 6.42 Å². The van der Waals surface area contributed by atoms with Crippen molar-refractivity contribution in [2.24, 2.45) is 0 Å². The lowest BCUT2D eigenvalue weighted by atomic mass is 10.1. The van der Waals surface area contributed by atoms with Gasteiger partial charge in [-0.05, 0) is 18.4 Å². The van der Waals surface area contributed by atoms with Gasteiger partial charge in [0.1, 0.15) is 0 Å². The summed E-state index contributed by atoms with van der Waals surface area (Å²) in [5, 5.41) is 0. The van der Waals surface area contributed by atoms with Gasteiger partial charge in [-0.25, -0.2) is 0 Å². The number of aryl methyl sites for hydroxylation is 1. The SMILES string of the molecule is CCCCc1ccc(C(=O)I)cc1. The van der Waals surface area contributed by atoms with Crippen molar-refractivity contribution in [2.75, 3.05) is 0 Å². The predicted molar refractivity (Wildman–Crippen MR) is 63.4 cm³/mol. The molecule has 0 saturated carbocycles. The molecule has 70 valence electrons. The van der Waals surface area contributed by atoms with Crippen molar-refractivity contribution in [3.05, 3.63) is 35.4 Å². The Kier molecular flexibility index (Phi) is 4.42. The first kappa shape index (κ1) is 10.7. The summed E-state index contributed by atoms with van der Waals surface area (Å²) in [5.74, 6) is 0. The Morgan fingerprint density at radius 3 is 2.38 bits per heavy atom. The molecule has 1 aromatic rings. The van der Waals surface area contributed by atoms with Crippen molar-refractivity contribution < 1.29 is 4.79 Å². The summed E-state index contributed by atoms with van der Waals surface area (Å²) in [7, 11) is 0. The fraction of sp³-hybridized carbons (Fsp3) is 0.364. The minimum atomic E-state index is 0.111. The van der Waals surface area contributed by atoms with Crippen LogP contribution < -0.4 is 0 Å². The van der Waals surface area contributed by atoms with E-state index >= 15 is 0 Å². The van der Waals surface area contributed by atoms with Gasteiger partial charge in [-0.3, -0.25) is 4.79 Å². The molecule has 0 unspecified atom stereocenters. The maximum absolute atomic E-state index is 11.0. The molecule has 0 atom stereocenters. The molecule has 0 bridgehead atoms. The van der Waals surface area contributed by atoms with Crippen LogP contribution in [0.5, 0.6) is 0 Å². The third-order valence-corrected chi connectivity index (χ3v) is 2.62. The van der Waals surface area contributed by atoms with Gasteiger partial charge in [0.05, 0.1) is 0 Å². The van der Waals surface area contributed by atoms with E-state index in [2.05, 4.69) is 6.92 Å². The fourth-order valence-corrected chi connectivity index (χ4v) is 1.54. The van der Waals surface area contributed by atoms with E-state index in [0.717, 1.165) is 12.0 Å². The Labute approximate surface area is 92.7 Å². The summed E-state index contributed by atoms with van der Waals surface area (Å²) >= 11 is 1.81. The molecular weight excluding hydrogens is 275 g/mol. The number of carbonyl (C=O) groups is 1. The molecule has 0 aliphatic heterocycles. The molecule has 1 nitrogen and oxygen atoms in total. The molecule has 0 heterocycles. The molecule has 0 aliphatic rings. The average molecular weight is 288 g/mol. The van der Waals surface area contributed by atoms with Gasteiger partial charge in [-0.15, -0.1) is 0 Å². The monoisotopic (exact) mass is 288 g/mol. The van der Waals surface area contributed by atoms with E-state index < -0.39 is 0 Å². The molecule has 0 amide bonds. The predicted octanol–water partition coefficient (Wildman–Crippen LogP) is 3.60. The molecule has 0 fully saturated rings. The van der Waals surface area contributed by atoms with Gasteiger partial charge in [-0.2, -0.15) is 0 Å². The topological polar surface area (TPSA) is 17.1 Å². The van der Waals surface area contributed by atoms with Gasteiger partial charge >= 0.3 is 0 Å². The summed E-state index contributed by atoms with van der Waals surface area (Å²) < 4.78 is 0.111. The zero-order valence-electron chi connectivity index (χ0n) is 7.72. The molecule has 0 spiro atoms. The molecule has 2 heteroatoms. The summed E-state index contributed by atoms with van der Waals surface area (Å²) in [6, 6.07) is 7.89. The lowest BCUT2D eigenvalue weighted by molar-refractivity contribution is 0.110. The lowest BCUT2D eigenvalue weighted by Crippen LogP contribution is -1.89. The van der Waals surface area contributed by atoms with Gasteiger partial charge in [0, 0.05) is 28.2 Å². The molecule has 1 aromatic carbocycles. The normalized spacial score (nSPS) is 10.0. The van der Waals surface area contributed by atoms with E-state index in [1.165, 1.54) is 18.4 Å². The fourth-order valence-electron chi connectivity index (χ4n) is 1.18. The molecule has 0 N–H and O–H groups in total. The second-order valence-electron chi connectivity index (χ2n) is 3.07. The number of rotatable bonds is 4. The number of hydrogen-bond acceptors (Lipinski definition) is 1. The maximum atomic E-state index is 11.0. The van der Waals surface area contributed by atoms with Crippen LogP contribution in [0.4, 0.5) is 0 Å². The quantitative estimate of drug-likeness (QED) is 0.611. The van der Waals surface area contributed by atoms with E-state index in [1.807, 2.05) is 46.9 Å². The Balaban J connectivity index is 2.64. The highest BCUT2D eigenvalue weighted by Gasteiger charge is 1.99. The third kappa shape index (κ3) is 3.46. The van der Waals surface area contributed by atoms with Crippen LogP contribution in [0.2, 0.25) is 0 Å². The standard InChI is InChI=1S/C11H13IO/c1-2-3-4-9-5-7-10(8-6-9)11(12)13/h5-8H,2-4H2,1H3. The Hall–Kier alpha value is -0.380. The molecule has 0 aliphatic carbocycles. The van der Waals surface area contributed by atoms with Crippen molar-refractivity contribution in [2.45, 2.75) is 26.2 Å². The number of benzene rings is 1. The summed E-state index contributed by atoms with van der Waals surface area (Å²) in [6.07, 6.45) is 3.55. The van der Waals surface area contributed by atoms with E-state index in [1.54, 1.807) is 0 Å². The van der Waals surface area contributed by atoms with E-state index in [4.69, 9.17) is 0 Å². The van der Waals surface area contributed by atoms with Crippen LogP contribution in [0.3, 0.4) is 0 Å². The Morgan fingerprint density at radius 2 is 1.92 bits per heavy atom. The maximum Gasteiger partial charge on any atom is 0.222 e. The number of carbonyl (C=O) groups excluding carboxylic acids is 1. The first-order valence-electron chi connectivity index (χ1n) is 4.53. The highest BCUT2D eigenvalue weighted by molar-refractivity contribution is 14.1. The van der Waals surface area contributed by atoms with Gasteiger partial charge in [0.15, 0.2) is 0 Å². The summed E-state index contributed by atoms with van der Waals surface area (Å²) in [6.45, 7) is 2.18. The number of unbranched alkanes of at least 4 members (excludes halogenated alkanes) is 1. The van der Waals surface area contributed by atoms with Crippen LogP contribution in [-0.4, -0.2) is 3.79 Å². The molecular formula is C11H13IO. The second kappa shape index (κ2) is 5.37. The molecule has 0 saturated heterocycles.